The molecule has 3 heteroatoms. The van der Waals surface area contributed by atoms with E-state index in [1.807, 2.05) is 60.9 Å². The third-order valence-electron chi connectivity index (χ3n) is 3.57. The molecule has 0 fully saturated rings. The number of carbonyl (C=O) groups is 1. The predicted molar refractivity (Wildman–Crippen MR) is 99.8 cm³/mol. The van der Waals surface area contributed by atoms with Crippen molar-refractivity contribution in [1.82, 2.24) is 0 Å². The van der Waals surface area contributed by atoms with Gasteiger partial charge in [0, 0.05) is 22.0 Å². The molecule has 0 aliphatic heterocycles. The highest BCUT2D eigenvalue weighted by atomic mass is 32.2. The number of anilines is 1. The van der Waals surface area contributed by atoms with Gasteiger partial charge in [-0.05, 0) is 35.4 Å². The van der Waals surface area contributed by atoms with Gasteiger partial charge in [0.1, 0.15) is 0 Å². The number of nitrogens with one attached hydrogen (secondary N) is 1. The highest BCUT2D eigenvalue weighted by Gasteiger charge is 2.07. The van der Waals surface area contributed by atoms with E-state index in [9.17, 15) is 4.79 Å². The van der Waals surface area contributed by atoms with Crippen LogP contribution in [0.15, 0.2) is 77.7 Å². The second-order valence-corrected chi connectivity index (χ2v) is 5.95. The molecule has 0 saturated carbocycles. The Kier molecular flexibility index (Phi) is 4.79. The number of benzene rings is 3. The maximum absolute atomic E-state index is 12.2. The van der Waals surface area contributed by atoms with Crippen molar-refractivity contribution in [2.24, 2.45) is 0 Å². The first-order valence-corrected chi connectivity index (χ1v) is 8.60. The zero-order chi connectivity index (χ0) is 16.1. The Morgan fingerprint density at radius 1 is 0.957 bits per heavy atom. The first kappa shape index (κ1) is 15.4. The molecular formula is C20H17NOS. The third-order valence-corrected chi connectivity index (χ3v) is 4.35. The summed E-state index contributed by atoms with van der Waals surface area (Å²) in [6.07, 6.45) is 5.43. The molecule has 0 aliphatic rings. The van der Waals surface area contributed by atoms with Crippen molar-refractivity contribution >= 4 is 40.2 Å². The molecule has 0 atom stereocenters. The predicted octanol–water partition coefficient (Wildman–Crippen LogP) is 5.21. The molecule has 0 heterocycles. The van der Waals surface area contributed by atoms with E-state index in [-0.39, 0.29) is 5.91 Å². The second-order valence-electron chi connectivity index (χ2n) is 5.10. The van der Waals surface area contributed by atoms with Crippen molar-refractivity contribution in [3.63, 3.8) is 0 Å². The van der Waals surface area contributed by atoms with Crippen LogP contribution in [-0.4, -0.2) is 12.2 Å². The van der Waals surface area contributed by atoms with E-state index in [4.69, 9.17) is 0 Å². The molecule has 23 heavy (non-hydrogen) atoms. The van der Waals surface area contributed by atoms with Crippen molar-refractivity contribution in [3.8, 4) is 0 Å². The fourth-order valence-electron chi connectivity index (χ4n) is 2.49. The number of fused-ring (bicyclic) bond motifs is 1. The van der Waals surface area contributed by atoms with Gasteiger partial charge in [0.25, 0.3) is 0 Å². The van der Waals surface area contributed by atoms with Gasteiger partial charge < -0.3 is 5.32 Å². The Bertz CT molecular complexity index is 851. The first-order chi connectivity index (χ1) is 11.3. The van der Waals surface area contributed by atoms with Crippen LogP contribution < -0.4 is 5.32 Å². The summed E-state index contributed by atoms with van der Waals surface area (Å²) in [5, 5.41) is 5.20. The number of hydrogen-bond donors (Lipinski definition) is 1. The van der Waals surface area contributed by atoms with E-state index in [1.54, 1.807) is 17.8 Å². The molecule has 1 amide bonds. The summed E-state index contributed by atoms with van der Waals surface area (Å²) in [6, 6.07) is 21.9. The summed E-state index contributed by atoms with van der Waals surface area (Å²) in [5.74, 6) is -0.128. The minimum Gasteiger partial charge on any atom is -0.322 e. The van der Waals surface area contributed by atoms with Gasteiger partial charge in [-0.1, -0.05) is 54.6 Å². The van der Waals surface area contributed by atoms with Crippen LogP contribution in [-0.2, 0) is 4.79 Å². The molecule has 1 N–H and O–H groups in total. The number of carbonyl (C=O) groups excluding carboxylic acids is 1. The van der Waals surface area contributed by atoms with Crippen molar-refractivity contribution in [2.75, 3.05) is 11.6 Å². The summed E-state index contributed by atoms with van der Waals surface area (Å²) < 4.78 is 0. The average Bonchev–Trinajstić information content (AvgIpc) is 2.60. The number of hydrogen-bond acceptors (Lipinski definition) is 2. The SMILES string of the molecule is CSc1cccc2cccc(NC(=O)/C=C/c3ccccc3)c12. The van der Waals surface area contributed by atoms with Crippen LogP contribution in [0.1, 0.15) is 5.56 Å². The van der Waals surface area contributed by atoms with Crippen molar-refractivity contribution in [1.29, 1.82) is 0 Å². The van der Waals surface area contributed by atoms with E-state index < -0.39 is 0 Å². The summed E-state index contributed by atoms with van der Waals surface area (Å²) in [6.45, 7) is 0. The Balaban J connectivity index is 1.87. The Hall–Kier alpha value is -2.52. The molecule has 0 radical (unpaired) electrons. The van der Waals surface area contributed by atoms with E-state index in [0.717, 1.165) is 26.9 Å². The second kappa shape index (κ2) is 7.16. The van der Waals surface area contributed by atoms with Crippen LogP contribution in [0.2, 0.25) is 0 Å². The highest BCUT2D eigenvalue weighted by Crippen LogP contribution is 2.32. The molecule has 3 aromatic rings. The maximum atomic E-state index is 12.2. The summed E-state index contributed by atoms with van der Waals surface area (Å²) in [7, 11) is 0. The maximum Gasteiger partial charge on any atom is 0.248 e. The molecule has 0 aliphatic carbocycles. The quantitative estimate of drug-likeness (QED) is 0.528. The molecule has 0 spiro atoms. The zero-order valence-electron chi connectivity index (χ0n) is 12.8. The molecule has 0 bridgehead atoms. The fourth-order valence-corrected chi connectivity index (χ4v) is 3.14. The first-order valence-electron chi connectivity index (χ1n) is 7.38. The monoisotopic (exact) mass is 319 g/mol. The lowest BCUT2D eigenvalue weighted by molar-refractivity contribution is -0.111. The van der Waals surface area contributed by atoms with Gasteiger partial charge in [0.15, 0.2) is 0 Å². The number of amides is 1. The summed E-state index contributed by atoms with van der Waals surface area (Å²) >= 11 is 1.68. The number of thioether (sulfide) groups is 1. The van der Waals surface area contributed by atoms with E-state index in [1.165, 1.54) is 0 Å². The van der Waals surface area contributed by atoms with Crippen molar-refractivity contribution in [2.45, 2.75) is 4.90 Å². The molecular weight excluding hydrogens is 302 g/mol. The van der Waals surface area contributed by atoms with Crippen molar-refractivity contribution in [3.05, 3.63) is 78.4 Å². The molecule has 0 saturated heterocycles. The van der Waals surface area contributed by atoms with Gasteiger partial charge in [0.05, 0.1) is 0 Å². The van der Waals surface area contributed by atoms with Crippen molar-refractivity contribution < 1.29 is 4.79 Å². The Morgan fingerprint density at radius 2 is 1.70 bits per heavy atom. The lowest BCUT2D eigenvalue weighted by Gasteiger charge is -2.10. The fraction of sp³-hybridized carbons (Fsp3) is 0.0500. The van der Waals surface area contributed by atoms with Crippen LogP contribution in [0.4, 0.5) is 5.69 Å². The molecule has 2 nitrogen and oxygen atoms in total. The molecule has 0 aromatic heterocycles. The molecule has 0 unspecified atom stereocenters. The summed E-state index contributed by atoms with van der Waals surface area (Å²) in [5.41, 5.74) is 1.85. The van der Waals surface area contributed by atoms with Gasteiger partial charge in [-0.15, -0.1) is 11.8 Å². The lowest BCUT2D eigenvalue weighted by atomic mass is 10.1. The smallest absolute Gasteiger partial charge is 0.248 e. The lowest BCUT2D eigenvalue weighted by Crippen LogP contribution is -2.08. The van der Waals surface area contributed by atoms with E-state index in [2.05, 4.69) is 23.5 Å². The summed E-state index contributed by atoms with van der Waals surface area (Å²) in [4.78, 5) is 13.4. The topological polar surface area (TPSA) is 29.1 Å². The van der Waals surface area contributed by atoms with E-state index >= 15 is 0 Å². The van der Waals surface area contributed by atoms with Crippen LogP contribution in [0.25, 0.3) is 16.8 Å². The van der Waals surface area contributed by atoms with E-state index in [0.29, 0.717) is 0 Å². The highest BCUT2D eigenvalue weighted by molar-refractivity contribution is 7.98. The van der Waals surface area contributed by atoms with Crippen LogP contribution in [0.3, 0.4) is 0 Å². The Labute approximate surface area is 140 Å². The van der Waals surface area contributed by atoms with Gasteiger partial charge >= 0.3 is 0 Å². The van der Waals surface area contributed by atoms with Crippen LogP contribution >= 0.6 is 11.8 Å². The van der Waals surface area contributed by atoms with Gasteiger partial charge in [-0.25, -0.2) is 0 Å². The number of rotatable bonds is 4. The van der Waals surface area contributed by atoms with Crippen LogP contribution in [0.5, 0.6) is 0 Å². The standard InChI is InChI=1S/C20H17NOS/c1-23-18-12-6-10-16-9-5-11-17(20(16)18)21-19(22)14-13-15-7-3-2-4-8-15/h2-14H,1H3,(H,21,22)/b14-13+. The zero-order valence-corrected chi connectivity index (χ0v) is 13.6. The minimum absolute atomic E-state index is 0.128. The minimum atomic E-state index is -0.128. The van der Waals surface area contributed by atoms with Gasteiger partial charge in [-0.3, -0.25) is 4.79 Å². The third kappa shape index (κ3) is 3.63. The largest absolute Gasteiger partial charge is 0.322 e. The normalized spacial score (nSPS) is 11.0. The van der Waals surface area contributed by atoms with Gasteiger partial charge in [0.2, 0.25) is 5.91 Å². The molecule has 3 aromatic carbocycles. The molecule has 3 rings (SSSR count). The van der Waals surface area contributed by atoms with Gasteiger partial charge in [-0.2, -0.15) is 0 Å². The Morgan fingerprint density at radius 3 is 2.43 bits per heavy atom. The van der Waals surface area contributed by atoms with Crippen LogP contribution in [0, 0.1) is 0 Å². The molecule has 114 valence electrons. The average molecular weight is 319 g/mol.